The molecule has 2 rings (SSSR count). The zero-order valence-electron chi connectivity index (χ0n) is 12.5. The highest BCUT2D eigenvalue weighted by molar-refractivity contribution is 5.26. The van der Waals surface area contributed by atoms with Crippen molar-refractivity contribution in [3.63, 3.8) is 0 Å². The Morgan fingerprint density at radius 1 is 1.50 bits per heavy atom. The van der Waals surface area contributed by atoms with Crippen LogP contribution < -0.4 is 5.73 Å². The number of aliphatic hydroxyl groups is 1. The molecule has 1 aromatic carbocycles. The van der Waals surface area contributed by atoms with E-state index in [9.17, 15) is 9.50 Å². The monoisotopic (exact) mass is 279 g/mol. The van der Waals surface area contributed by atoms with Crippen LogP contribution in [0.15, 0.2) is 24.3 Å². The molecule has 1 fully saturated rings. The number of benzene rings is 1. The van der Waals surface area contributed by atoms with E-state index in [2.05, 4.69) is 6.92 Å². The minimum absolute atomic E-state index is 0.308. The number of nitrogens with two attached hydrogens (primary N) is 1. The Morgan fingerprint density at radius 2 is 2.25 bits per heavy atom. The number of rotatable bonds is 4. The maximum Gasteiger partial charge on any atom is 0.123 e. The fourth-order valence-electron chi connectivity index (χ4n) is 3.76. The first-order valence-corrected chi connectivity index (χ1v) is 7.63. The van der Waals surface area contributed by atoms with E-state index in [0.717, 1.165) is 25.7 Å². The van der Waals surface area contributed by atoms with Crippen LogP contribution in [0.3, 0.4) is 0 Å². The van der Waals surface area contributed by atoms with E-state index in [4.69, 9.17) is 5.73 Å². The fourth-order valence-corrected chi connectivity index (χ4v) is 3.76. The summed E-state index contributed by atoms with van der Waals surface area (Å²) in [6.07, 6.45) is 5.23. The second kappa shape index (κ2) is 5.82. The lowest BCUT2D eigenvalue weighted by atomic mass is 9.59. The third kappa shape index (κ3) is 2.61. The van der Waals surface area contributed by atoms with Crippen LogP contribution in [0.1, 0.15) is 51.5 Å². The molecule has 1 aromatic rings. The van der Waals surface area contributed by atoms with E-state index in [1.807, 2.05) is 0 Å². The van der Waals surface area contributed by atoms with Gasteiger partial charge in [-0.1, -0.05) is 38.3 Å². The summed E-state index contributed by atoms with van der Waals surface area (Å²) in [6.45, 7) is 4.42. The molecule has 0 bridgehead atoms. The summed E-state index contributed by atoms with van der Waals surface area (Å²) in [5, 5.41) is 11.2. The van der Waals surface area contributed by atoms with Crippen molar-refractivity contribution in [1.82, 2.24) is 0 Å². The molecular formula is C17H26FNO. The smallest absolute Gasteiger partial charge is 0.123 e. The van der Waals surface area contributed by atoms with Crippen molar-refractivity contribution in [2.45, 2.75) is 51.6 Å². The average molecular weight is 279 g/mol. The molecule has 0 saturated heterocycles. The normalized spacial score (nSPS) is 29.9. The molecule has 3 atom stereocenters. The fraction of sp³-hybridized carbons (Fsp3) is 0.647. The predicted molar refractivity (Wildman–Crippen MR) is 79.7 cm³/mol. The first-order chi connectivity index (χ1) is 9.45. The van der Waals surface area contributed by atoms with Crippen molar-refractivity contribution in [2.75, 3.05) is 6.54 Å². The van der Waals surface area contributed by atoms with E-state index >= 15 is 0 Å². The minimum Gasteiger partial charge on any atom is -0.385 e. The Kier molecular flexibility index (Phi) is 4.50. The van der Waals surface area contributed by atoms with Gasteiger partial charge in [0.05, 0.1) is 5.60 Å². The van der Waals surface area contributed by atoms with Crippen molar-refractivity contribution in [3.05, 3.63) is 35.6 Å². The van der Waals surface area contributed by atoms with Gasteiger partial charge < -0.3 is 10.8 Å². The topological polar surface area (TPSA) is 46.2 Å². The van der Waals surface area contributed by atoms with E-state index in [1.165, 1.54) is 18.6 Å². The molecule has 0 heterocycles. The Balaban J connectivity index is 2.38. The average Bonchev–Trinajstić information content (AvgIpc) is 2.47. The maximum atomic E-state index is 13.5. The minimum atomic E-state index is -1.09. The first-order valence-electron chi connectivity index (χ1n) is 7.63. The van der Waals surface area contributed by atoms with E-state index in [-0.39, 0.29) is 11.2 Å². The van der Waals surface area contributed by atoms with Gasteiger partial charge in [-0.3, -0.25) is 0 Å². The number of hydrogen-bond donors (Lipinski definition) is 2. The lowest BCUT2D eigenvalue weighted by Gasteiger charge is -2.50. The first kappa shape index (κ1) is 15.5. The summed E-state index contributed by atoms with van der Waals surface area (Å²) in [7, 11) is 0. The second-order valence-electron chi connectivity index (χ2n) is 6.44. The molecule has 1 aliphatic rings. The van der Waals surface area contributed by atoms with E-state index in [0.29, 0.717) is 18.0 Å². The van der Waals surface area contributed by atoms with Crippen LogP contribution in [0.25, 0.3) is 0 Å². The Bertz CT molecular complexity index is 460. The van der Waals surface area contributed by atoms with Gasteiger partial charge in [0, 0.05) is 12.0 Å². The van der Waals surface area contributed by atoms with Gasteiger partial charge in [-0.2, -0.15) is 0 Å². The van der Waals surface area contributed by atoms with Gasteiger partial charge in [0.25, 0.3) is 0 Å². The van der Waals surface area contributed by atoms with Crippen LogP contribution in [0.4, 0.5) is 4.39 Å². The number of hydrogen-bond acceptors (Lipinski definition) is 2. The largest absolute Gasteiger partial charge is 0.385 e. The van der Waals surface area contributed by atoms with Gasteiger partial charge >= 0.3 is 0 Å². The maximum absolute atomic E-state index is 13.5. The molecule has 0 aliphatic heterocycles. The van der Waals surface area contributed by atoms with Crippen LogP contribution in [-0.2, 0) is 5.60 Å². The summed E-state index contributed by atoms with van der Waals surface area (Å²) >= 11 is 0. The second-order valence-corrected chi connectivity index (χ2v) is 6.44. The van der Waals surface area contributed by atoms with E-state index in [1.54, 1.807) is 19.1 Å². The third-order valence-electron chi connectivity index (χ3n) is 5.33. The molecule has 3 heteroatoms. The molecule has 0 aromatic heterocycles. The predicted octanol–water partition coefficient (Wildman–Crippen LogP) is 3.58. The molecule has 3 unspecified atom stereocenters. The molecule has 1 saturated carbocycles. The molecule has 3 N–H and O–H groups in total. The van der Waals surface area contributed by atoms with Crippen molar-refractivity contribution in [2.24, 2.45) is 17.1 Å². The lowest BCUT2D eigenvalue weighted by molar-refractivity contribution is -0.102. The molecule has 0 amide bonds. The lowest BCUT2D eigenvalue weighted by Crippen LogP contribution is -2.51. The molecule has 20 heavy (non-hydrogen) atoms. The van der Waals surface area contributed by atoms with Gasteiger partial charge in [0.1, 0.15) is 5.82 Å². The zero-order valence-corrected chi connectivity index (χ0v) is 12.5. The number of halogens is 1. The highest BCUT2D eigenvalue weighted by atomic mass is 19.1. The molecule has 112 valence electrons. The molecule has 2 nitrogen and oxygen atoms in total. The van der Waals surface area contributed by atoms with Gasteiger partial charge in [0.15, 0.2) is 0 Å². The van der Waals surface area contributed by atoms with Crippen LogP contribution in [-0.4, -0.2) is 11.7 Å². The third-order valence-corrected chi connectivity index (χ3v) is 5.33. The molecule has 1 aliphatic carbocycles. The van der Waals surface area contributed by atoms with E-state index < -0.39 is 5.60 Å². The Morgan fingerprint density at radius 3 is 2.85 bits per heavy atom. The van der Waals surface area contributed by atoms with Crippen molar-refractivity contribution in [1.29, 1.82) is 0 Å². The Hall–Kier alpha value is -0.930. The summed E-state index contributed by atoms with van der Waals surface area (Å²) < 4.78 is 13.5. The van der Waals surface area contributed by atoms with Gasteiger partial charge in [-0.25, -0.2) is 4.39 Å². The van der Waals surface area contributed by atoms with Gasteiger partial charge in [-0.15, -0.1) is 0 Å². The summed E-state index contributed by atoms with van der Waals surface area (Å²) in [4.78, 5) is 0. The standard InChI is InChI=1S/C17H26FNO/c1-3-13-6-5-9-17(11-13,12-19)16(2,20)14-7-4-8-15(18)10-14/h4,7-8,10,13,20H,3,5-6,9,11-12,19H2,1-2H3. The Labute approximate surface area is 121 Å². The van der Waals surface area contributed by atoms with Gasteiger partial charge in [0.2, 0.25) is 0 Å². The highest BCUT2D eigenvalue weighted by Gasteiger charge is 2.49. The summed E-state index contributed by atoms with van der Waals surface area (Å²) in [6, 6.07) is 6.30. The van der Waals surface area contributed by atoms with Crippen molar-refractivity contribution >= 4 is 0 Å². The van der Waals surface area contributed by atoms with Crippen LogP contribution in [0.5, 0.6) is 0 Å². The summed E-state index contributed by atoms with van der Waals surface area (Å²) in [5.74, 6) is 0.296. The molecule has 0 radical (unpaired) electrons. The molecular weight excluding hydrogens is 253 g/mol. The quantitative estimate of drug-likeness (QED) is 0.885. The zero-order chi connectivity index (χ0) is 14.8. The van der Waals surface area contributed by atoms with Crippen LogP contribution in [0.2, 0.25) is 0 Å². The summed E-state index contributed by atoms with van der Waals surface area (Å²) in [5.41, 5.74) is 5.27. The van der Waals surface area contributed by atoms with Crippen LogP contribution in [0, 0.1) is 17.2 Å². The van der Waals surface area contributed by atoms with Gasteiger partial charge in [-0.05, 0) is 43.4 Å². The van der Waals surface area contributed by atoms with Crippen molar-refractivity contribution < 1.29 is 9.50 Å². The molecule has 0 spiro atoms. The highest BCUT2D eigenvalue weighted by Crippen LogP contribution is 2.51. The SMILES string of the molecule is CCC1CCCC(CN)(C(C)(O)c2cccc(F)c2)C1. The van der Waals surface area contributed by atoms with Crippen molar-refractivity contribution in [3.8, 4) is 0 Å². The van der Waals surface area contributed by atoms with Crippen LogP contribution >= 0.6 is 0 Å².